The lowest BCUT2D eigenvalue weighted by Gasteiger charge is -2.16. The molecule has 1 fully saturated rings. The zero-order chi connectivity index (χ0) is 18.9. The maximum Gasteiger partial charge on any atom is 0.242 e. The molecule has 0 bridgehead atoms. The molecule has 9 nitrogen and oxygen atoms in total. The van der Waals surface area contributed by atoms with Crippen molar-refractivity contribution in [1.29, 1.82) is 0 Å². The Kier molecular flexibility index (Phi) is 4.04. The van der Waals surface area contributed by atoms with Crippen LogP contribution in [0.25, 0.3) is 28.1 Å². The Morgan fingerprint density at radius 1 is 1.14 bits per heavy atom. The lowest BCUT2D eigenvalue weighted by molar-refractivity contribution is -0.121. The Balaban J connectivity index is 1.66. The normalized spacial score (nSPS) is 17.4. The highest BCUT2D eigenvalue weighted by Gasteiger charge is 2.23. The van der Waals surface area contributed by atoms with Gasteiger partial charge in [-0.15, -0.1) is 5.10 Å². The Morgan fingerprint density at radius 2 is 2.07 bits per heavy atom. The second kappa shape index (κ2) is 6.84. The quantitative estimate of drug-likeness (QED) is 0.563. The highest BCUT2D eigenvalue weighted by molar-refractivity contribution is 5.93. The van der Waals surface area contributed by atoms with E-state index in [0.717, 1.165) is 30.2 Å². The van der Waals surface area contributed by atoms with Gasteiger partial charge in [0, 0.05) is 24.3 Å². The molecular formula is C19H18N8O. The lowest BCUT2D eigenvalue weighted by Crippen LogP contribution is -2.38. The van der Waals surface area contributed by atoms with Crippen LogP contribution in [0.5, 0.6) is 0 Å². The van der Waals surface area contributed by atoms with Crippen LogP contribution in [0.1, 0.15) is 19.3 Å². The summed E-state index contributed by atoms with van der Waals surface area (Å²) >= 11 is 0. The third kappa shape index (κ3) is 2.90. The molecule has 5 rings (SSSR count). The largest absolute Gasteiger partial charge is 0.354 e. The maximum absolute atomic E-state index is 12.4. The molecule has 4 heterocycles. The second-order valence-corrected chi connectivity index (χ2v) is 6.70. The number of nitrogens with one attached hydrogen (secondary N) is 2. The van der Waals surface area contributed by atoms with Crippen molar-refractivity contribution >= 4 is 28.4 Å². The molecule has 1 amide bonds. The zero-order valence-electron chi connectivity index (χ0n) is 15.0. The van der Waals surface area contributed by atoms with Gasteiger partial charge < -0.3 is 10.6 Å². The van der Waals surface area contributed by atoms with E-state index in [1.54, 1.807) is 23.1 Å². The van der Waals surface area contributed by atoms with Crippen molar-refractivity contribution in [3.8, 4) is 11.5 Å². The molecule has 3 aromatic heterocycles. The van der Waals surface area contributed by atoms with E-state index in [2.05, 4.69) is 30.7 Å². The molecule has 1 atom stereocenters. The van der Waals surface area contributed by atoms with Crippen LogP contribution in [0.2, 0.25) is 0 Å². The summed E-state index contributed by atoms with van der Waals surface area (Å²) in [5, 5.41) is 11.7. The van der Waals surface area contributed by atoms with Gasteiger partial charge in [-0.05, 0) is 31.4 Å². The first kappa shape index (κ1) is 16.5. The van der Waals surface area contributed by atoms with Crippen LogP contribution in [0, 0.1) is 0 Å². The van der Waals surface area contributed by atoms with Crippen molar-refractivity contribution < 1.29 is 4.79 Å². The average molecular weight is 374 g/mol. The van der Waals surface area contributed by atoms with Gasteiger partial charge in [-0.2, -0.15) is 4.52 Å². The van der Waals surface area contributed by atoms with Crippen molar-refractivity contribution in [3.63, 3.8) is 0 Å². The van der Waals surface area contributed by atoms with Gasteiger partial charge in [0.25, 0.3) is 0 Å². The number of carbonyl (C=O) groups excluding carboxylic acids is 1. The van der Waals surface area contributed by atoms with Crippen molar-refractivity contribution in [3.05, 3.63) is 42.9 Å². The van der Waals surface area contributed by atoms with Crippen molar-refractivity contribution in [2.24, 2.45) is 0 Å². The van der Waals surface area contributed by atoms with E-state index < -0.39 is 0 Å². The van der Waals surface area contributed by atoms with Crippen LogP contribution in [0.4, 0.5) is 5.95 Å². The molecule has 2 N–H and O–H groups in total. The molecule has 0 spiro atoms. The van der Waals surface area contributed by atoms with Crippen LogP contribution < -0.4 is 10.6 Å². The number of rotatable bonds is 3. The number of para-hydroxylation sites is 1. The van der Waals surface area contributed by atoms with Crippen molar-refractivity contribution in [2.45, 2.75) is 25.3 Å². The molecular weight excluding hydrogens is 356 g/mol. The number of hydrogen-bond acceptors (Lipinski definition) is 7. The summed E-state index contributed by atoms with van der Waals surface area (Å²) in [4.78, 5) is 30.1. The van der Waals surface area contributed by atoms with Gasteiger partial charge in [0.2, 0.25) is 17.7 Å². The van der Waals surface area contributed by atoms with Gasteiger partial charge in [-0.3, -0.25) is 9.78 Å². The molecule has 0 radical (unpaired) electrons. The summed E-state index contributed by atoms with van der Waals surface area (Å²) in [6.07, 6.45) is 7.52. The SMILES string of the molecule is O=C1NCCCC[C@@H]1Nc1nc2ccccc2c2nc(-c3cnccn3)nn12. The highest BCUT2D eigenvalue weighted by Crippen LogP contribution is 2.24. The minimum absolute atomic E-state index is 0.0186. The number of amides is 1. The fourth-order valence-electron chi connectivity index (χ4n) is 3.41. The summed E-state index contributed by atoms with van der Waals surface area (Å²) in [6, 6.07) is 7.38. The van der Waals surface area contributed by atoms with Crippen LogP contribution in [-0.4, -0.2) is 48.0 Å². The van der Waals surface area contributed by atoms with Crippen LogP contribution in [-0.2, 0) is 4.79 Å². The van der Waals surface area contributed by atoms with E-state index in [1.807, 2.05) is 24.3 Å². The van der Waals surface area contributed by atoms with E-state index in [-0.39, 0.29) is 11.9 Å². The lowest BCUT2D eigenvalue weighted by atomic mass is 10.1. The third-order valence-electron chi connectivity index (χ3n) is 4.81. The van der Waals surface area contributed by atoms with Crippen LogP contribution in [0.15, 0.2) is 42.9 Å². The summed E-state index contributed by atoms with van der Waals surface area (Å²) < 4.78 is 1.64. The summed E-state index contributed by atoms with van der Waals surface area (Å²) in [6.45, 7) is 0.706. The molecule has 4 aromatic rings. The van der Waals surface area contributed by atoms with Gasteiger partial charge in [-0.25, -0.2) is 15.0 Å². The van der Waals surface area contributed by atoms with E-state index in [1.165, 1.54) is 0 Å². The van der Waals surface area contributed by atoms with Gasteiger partial charge in [0.1, 0.15) is 11.7 Å². The molecule has 1 saturated heterocycles. The smallest absolute Gasteiger partial charge is 0.242 e. The first-order valence-electron chi connectivity index (χ1n) is 9.26. The highest BCUT2D eigenvalue weighted by atomic mass is 16.2. The molecule has 1 aromatic carbocycles. The number of anilines is 1. The number of fused-ring (bicyclic) bond motifs is 3. The predicted molar refractivity (Wildman–Crippen MR) is 104 cm³/mol. The molecule has 9 heteroatoms. The topological polar surface area (TPSA) is 110 Å². The molecule has 140 valence electrons. The minimum atomic E-state index is -0.358. The zero-order valence-corrected chi connectivity index (χ0v) is 15.0. The Morgan fingerprint density at radius 3 is 2.96 bits per heavy atom. The summed E-state index contributed by atoms with van der Waals surface area (Å²) in [5.74, 6) is 0.924. The van der Waals surface area contributed by atoms with Gasteiger partial charge >= 0.3 is 0 Å². The molecule has 0 saturated carbocycles. The number of aromatic nitrogens is 6. The Hall–Kier alpha value is -3.62. The van der Waals surface area contributed by atoms with E-state index in [4.69, 9.17) is 4.98 Å². The number of nitrogens with zero attached hydrogens (tertiary/aromatic N) is 6. The van der Waals surface area contributed by atoms with E-state index in [9.17, 15) is 4.79 Å². The first-order chi connectivity index (χ1) is 13.8. The predicted octanol–water partition coefficient (Wildman–Crippen LogP) is 1.82. The fraction of sp³-hybridized carbons (Fsp3) is 0.263. The molecule has 0 unspecified atom stereocenters. The van der Waals surface area contributed by atoms with Crippen LogP contribution >= 0.6 is 0 Å². The van der Waals surface area contributed by atoms with Crippen LogP contribution in [0.3, 0.4) is 0 Å². The maximum atomic E-state index is 12.4. The number of benzene rings is 1. The van der Waals surface area contributed by atoms with E-state index in [0.29, 0.717) is 29.7 Å². The number of carbonyl (C=O) groups is 1. The van der Waals surface area contributed by atoms with Gasteiger partial charge in [-0.1, -0.05) is 12.1 Å². The summed E-state index contributed by atoms with van der Waals surface area (Å²) in [5.41, 5.74) is 2.01. The van der Waals surface area contributed by atoms with Crippen molar-refractivity contribution in [1.82, 2.24) is 34.9 Å². The third-order valence-corrected chi connectivity index (χ3v) is 4.81. The number of hydrogen-bond donors (Lipinski definition) is 2. The molecule has 28 heavy (non-hydrogen) atoms. The van der Waals surface area contributed by atoms with Gasteiger partial charge in [0.05, 0.1) is 11.7 Å². The fourth-order valence-corrected chi connectivity index (χ4v) is 3.41. The van der Waals surface area contributed by atoms with E-state index >= 15 is 0 Å². The molecule has 1 aliphatic heterocycles. The standard InChI is InChI=1S/C19H18N8O/c28-18-14(7-3-4-8-22-18)24-19-23-13-6-2-1-5-12(13)17-25-16(26-27(17)19)15-11-20-9-10-21-15/h1-2,5-6,9-11,14H,3-4,7-8H2,(H,22,28)(H,23,24)/t14-/m0/s1. The molecule has 0 aliphatic carbocycles. The second-order valence-electron chi connectivity index (χ2n) is 6.70. The monoisotopic (exact) mass is 374 g/mol. The minimum Gasteiger partial charge on any atom is -0.354 e. The van der Waals surface area contributed by atoms with Crippen molar-refractivity contribution in [2.75, 3.05) is 11.9 Å². The molecule has 1 aliphatic rings. The average Bonchev–Trinajstić information content (AvgIpc) is 3.09. The first-order valence-corrected chi connectivity index (χ1v) is 9.26. The Bertz CT molecular complexity index is 1160. The summed E-state index contributed by atoms with van der Waals surface area (Å²) in [7, 11) is 0. The Labute approximate surface area is 160 Å². The van der Waals surface area contributed by atoms with Gasteiger partial charge in [0.15, 0.2) is 5.65 Å².